The van der Waals surface area contributed by atoms with Crippen LogP contribution in [0, 0.1) is 4.78 Å². The van der Waals surface area contributed by atoms with Gasteiger partial charge in [0.05, 0.1) is 9.73 Å². The molecule has 1 rings (SSSR count). The van der Waals surface area contributed by atoms with E-state index in [-0.39, 0.29) is 0 Å². The van der Waals surface area contributed by atoms with Crippen molar-refractivity contribution in [2.45, 2.75) is 5.03 Å². The molecule has 0 aliphatic heterocycles. The maximum absolute atomic E-state index is 11.0. The van der Waals surface area contributed by atoms with Gasteiger partial charge in [-0.05, 0) is 12.1 Å². The Morgan fingerprint density at radius 2 is 2.30 bits per heavy atom. The number of hydrogen-bond donors (Lipinski definition) is 1. The maximum atomic E-state index is 11.0. The number of nitrogens with one attached hydrogen (secondary N) is 1. The summed E-state index contributed by atoms with van der Waals surface area (Å²) < 4.78 is 18.1. The van der Waals surface area contributed by atoms with Crippen molar-refractivity contribution in [3.8, 4) is 0 Å². The van der Waals surface area contributed by atoms with Crippen LogP contribution in [0.25, 0.3) is 0 Å². The van der Waals surface area contributed by atoms with Crippen LogP contribution >= 0.6 is 0 Å². The van der Waals surface area contributed by atoms with Gasteiger partial charge in [-0.2, -0.15) is 0 Å². The second kappa shape index (κ2) is 2.38. The van der Waals surface area contributed by atoms with Crippen LogP contribution in [-0.2, 0) is 9.73 Å². The van der Waals surface area contributed by atoms with Gasteiger partial charge in [0.25, 0.3) is 0 Å². The van der Waals surface area contributed by atoms with Crippen LogP contribution in [0.2, 0.25) is 0 Å². The third-order valence-corrected chi connectivity index (χ3v) is 2.08. The fourth-order valence-corrected chi connectivity index (χ4v) is 1.18. The first-order valence-corrected chi connectivity index (χ1v) is 4.72. The Morgan fingerprint density at radius 3 is 2.60 bits per heavy atom. The zero-order chi connectivity index (χ0) is 7.61. The summed E-state index contributed by atoms with van der Waals surface area (Å²) in [4.78, 5) is 3.79. The van der Waals surface area contributed by atoms with Crippen LogP contribution in [-0.4, -0.2) is 15.4 Å². The molecule has 0 fully saturated rings. The fraction of sp³-hybridized carbons (Fsp3) is 0.167. The van der Waals surface area contributed by atoms with Gasteiger partial charge >= 0.3 is 0 Å². The molecule has 3 nitrogen and oxygen atoms in total. The van der Waals surface area contributed by atoms with Crippen LogP contribution in [0.3, 0.4) is 0 Å². The molecule has 1 aromatic heterocycles. The van der Waals surface area contributed by atoms with Crippen LogP contribution in [0.4, 0.5) is 0 Å². The van der Waals surface area contributed by atoms with Gasteiger partial charge in [0.2, 0.25) is 0 Å². The minimum Gasteiger partial charge on any atom is -0.248 e. The highest BCUT2D eigenvalue weighted by atomic mass is 32.2. The van der Waals surface area contributed by atoms with Crippen molar-refractivity contribution >= 4 is 9.73 Å². The maximum Gasteiger partial charge on any atom is 0.135 e. The van der Waals surface area contributed by atoms with Crippen molar-refractivity contribution in [2.24, 2.45) is 0 Å². The lowest BCUT2D eigenvalue weighted by molar-refractivity contribution is 0.676. The first-order chi connectivity index (χ1) is 4.61. The second-order valence-corrected chi connectivity index (χ2v) is 4.12. The lowest BCUT2D eigenvalue weighted by Crippen LogP contribution is -1.96. The lowest BCUT2D eigenvalue weighted by atomic mass is 10.5. The van der Waals surface area contributed by atoms with Crippen molar-refractivity contribution in [3.63, 3.8) is 0 Å². The molecule has 0 radical (unpaired) electrons. The smallest absolute Gasteiger partial charge is 0.135 e. The van der Waals surface area contributed by atoms with Gasteiger partial charge in [0, 0.05) is 12.5 Å². The van der Waals surface area contributed by atoms with Crippen LogP contribution in [0.5, 0.6) is 0 Å². The number of nitrogens with zero attached hydrogens (tertiary/aromatic N) is 1. The molecular weight excluding hydrogens is 148 g/mol. The lowest BCUT2D eigenvalue weighted by Gasteiger charge is -1.96. The first-order valence-electron chi connectivity index (χ1n) is 2.75. The zero-order valence-corrected chi connectivity index (χ0v) is 6.39. The molecule has 1 atom stereocenters. The Balaban J connectivity index is 3.22. The molecule has 0 saturated carbocycles. The molecule has 0 saturated heterocycles. The van der Waals surface area contributed by atoms with Gasteiger partial charge < -0.3 is 0 Å². The molecule has 1 heterocycles. The SMILES string of the molecule is C[S@@](=N)(=O)c1ccccn1. The van der Waals surface area contributed by atoms with Crippen molar-refractivity contribution < 1.29 is 4.21 Å². The molecule has 0 aliphatic rings. The molecule has 10 heavy (non-hydrogen) atoms. The largest absolute Gasteiger partial charge is 0.248 e. The average molecular weight is 156 g/mol. The van der Waals surface area contributed by atoms with E-state index >= 15 is 0 Å². The van der Waals surface area contributed by atoms with E-state index < -0.39 is 9.73 Å². The molecule has 0 bridgehead atoms. The van der Waals surface area contributed by atoms with E-state index in [0.717, 1.165) is 0 Å². The summed E-state index contributed by atoms with van der Waals surface area (Å²) in [5, 5.41) is 0.343. The molecular formula is C6H8N2OS. The summed E-state index contributed by atoms with van der Waals surface area (Å²) in [7, 11) is -2.61. The first kappa shape index (κ1) is 7.21. The molecule has 54 valence electrons. The van der Waals surface area contributed by atoms with Gasteiger partial charge in [-0.3, -0.25) is 0 Å². The Morgan fingerprint density at radius 1 is 1.60 bits per heavy atom. The molecule has 1 aromatic rings. The molecule has 1 N–H and O–H groups in total. The Kier molecular flexibility index (Phi) is 1.72. The number of aromatic nitrogens is 1. The Bertz CT molecular complexity index is 304. The standard InChI is InChI=1S/C6H8N2OS/c1-10(7,9)6-4-2-3-5-8-6/h2-5,7H,1H3/t10-/m1/s1. The van der Waals surface area contributed by atoms with E-state index in [2.05, 4.69) is 4.98 Å². The van der Waals surface area contributed by atoms with Gasteiger partial charge in [-0.25, -0.2) is 14.0 Å². The van der Waals surface area contributed by atoms with E-state index in [1.54, 1.807) is 18.2 Å². The molecule has 0 spiro atoms. The summed E-state index contributed by atoms with van der Waals surface area (Å²) in [6.45, 7) is 0. The van der Waals surface area contributed by atoms with Crippen molar-refractivity contribution in [2.75, 3.05) is 6.26 Å². The van der Waals surface area contributed by atoms with Gasteiger partial charge in [0.15, 0.2) is 0 Å². The highest BCUT2D eigenvalue weighted by Crippen LogP contribution is 2.02. The number of pyridine rings is 1. The Labute approximate surface area is 60.1 Å². The summed E-state index contributed by atoms with van der Waals surface area (Å²) in [5.41, 5.74) is 0. The molecule has 0 amide bonds. The van der Waals surface area contributed by atoms with Crippen LogP contribution in [0.1, 0.15) is 0 Å². The zero-order valence-electron chi connectivity index (χ0n) is 5.57. The molecule has 0 unspecified atom stereocenters. The molecule has 4 heteroatoms. The van der Waals surface area contributed by atoms with Gasteiger partial charge in [-0.1, -0.05) is 6.07 Å². The van der Waals surface area contributed by atoms with Crippen LogP contribution in [0.15, 0.2) is 29.4 Å². The van der Waals surface area contributed by atoms with E-state index in [9.17, 15) is 4.21 Å². The second-order valence-electron chi connectivity index (χ2n) is 2.01. The monoisotopic (exact) mass is 156 g/mol. The van der Waals surface area contributed by atoms with E-state index in [0.29, 0.717) is 5.03 Å². The third-order valence-electron chi connectivity index (χ3n) is 1.04. The number of hydrogen-bond acceptors (Lipinski definition) is 3. The normalized spacial score (nSPS) is 16.1. The predicted octanol–water partition coefficient (Wildman–Crippen LogP) is 1.12. The van der Waals surface area contributed by atoms with E-state index in [1.807, 2.05) is 0 Å². The molecule has 0 aliphatic carbocycles. The highest BCUT2D eigenvalue weighted by Gasteiger charge is 2.00. The minimum absolute atomic E-state index is 0.343. The van der Waals surface area contributed by atoms with Gasteiger partial charge in [0.1, 0.15) is 5.03 Å². The predicted molar refractivity (Wildman–Crippen MR) is 39.3 cm³/mol. The summed E-state index contributed by atoms with van der Waals surface area (Å²) in [5.74, 6) is 0. The van der Waals surface area contributed by atoms with Crippen molar-refractivity contribution in [1.82, 2.24) is 4.98 Å². The molecule has 0 aromatic carbocycles. The van der Waals surface area contributed by atoms with E-state index in [1.165, 1.54) is 12.5 Å². The topological polar surface area (TPSA) is 53.8 Å². The third kappa shape index (κ3) is 1.54. The summed E-state index contributed by atoms with van der Waals surface area (Å²) >= 11 is 0. The highest BCUT2D eigenvalue weighted by molar-refractivity contribution is 7.91. The number of rotatable bonds is 1. The van der Waals surface area contributed by atoms with E-state index in [4.69, 9.17) is 4.78 Å². The minimum atomic E-state index is -2.61. The van der Waals surface area contributed by atoms with Crippen LogP contribution < -0.4 is 0 Å². The summed E-state index contributed by atoms with van der Waals surface area (Å²) in [6.07, 6.45) is 2.89. The summed E-state index contributed by atoms with van der Waals surface area (Å²) in [6, 6.07) is 5.05. The Hall–Kier alpha value is -0.900. The average Bonchev–Trinajstić information content (AvgIpc) is 1.88. The van der Waals surface area contributed by atoms with Gasteiger partial charge in [-0.15, -0.1) is 0 Å². The van der Waals surface area contributed by atoms with Crippen molar-refractivity contribution in [1.29, 1.82) is 4.78 Å². The quantitative estimate of drug-likeness (QED) is 0.662. The van der Waals surface area contributed by atoms with Crippen molar-refractivity contribution in [3.05, 3.63) is 24.4 Å². The fourth-order valence-electron chi connectivity index (χ4n) is 0.578.